The Hall–Kier alpha value is -4.50. The topological polar surface area (TPSA) is 92.2 Å². The van der Waals surface area contributed by atoms with Crippen LogP contribution in [0.25, 0.3) is 10.9 Å². The average Bonchev–Trinajstić information content (AvgIpc) is 3.42. The molecular weight excluding hydrogens is 478 g/mol. The number of nitrogens with zero attached hydrogens (tertiary/aromatic N) is 6. The second-order valence-corrected chi connectivity index (χ2v) is 9.45. The summed E-state index contributed by atoms with van der Waals surface area (Å²) < 4.78 is 7.24. The van der Waals surface area contributed by atoms with Crippen molar-refractivity contribution in [1.82, 2.24) is 30.1 Å². The number of pyridine rings is 1. The van der Waals surface area contributed by atoms with Crippen LogP contribution >= 0.6 is 0 Å². The van der Waals surface area contributed by atoms with Gasteiger partial charge in [-0.25, -0.2) is 4.68 Å². The highest BCUT2D eigenvalue weighted by Gasteiger charge is 2.32. The Balaban J connectivity index is 1.40. The molecule has 5 aromatic rings. The van der Waals surface area contributed by atoms with Crippen molar-refractivity contribution < 1.29 is 4.74 Å². The first-order valence-corrected chi connectivity index (χ1v) is 12.7. The molecule has 3 heterocycles. The Kier molecular flexibility index (Phi) is 6.58. The highest BCUT2D eigenvalue weighted by molar-refractivity contribution is 5.80. The summed E-state index contributed by atoms with van der Waals surface area (Å²) in [5.74, 6) is 1.38. The number of ether oxygens (including phenoxy) is 1. The number of aromatic amines is 1. The molecule has 1 fully saturated rings. The van der Waals surface area contributed by atoms with Crippen LogP contribution < -0.4 is 15.2 Å². The first-order valence-electron chi connectivity index (χ1n) is 12.7. The number of tetrazole rings is 1. The van der Waals surface area contributed by atoms with Gasteiger partial charge < -0.3 is 14.6 Å². The van der Waals surface area contributed by atoms with E-state index in [0.717, 1.165) is 48.4 Å². The standard InChI is InChI=1S/C29H29N7O2/c1-38-24-12-13-26-22(18-24)19-25(29(37)30-26)27(28-31-32-33-36(28)20-21-8-4-2-5-9-21)35-16-14-34(15-17-35)23-10-6-3-7-11-23/h2-13,18-19,27H,14-17,20H2,1H3,(H,30,37)/t27-/m1/s1. The van der Waals surface area contributed by atoms with Crippen molar-refractivity contribution >= 4 is 16.6 Å². The van der Waals surface area contributed by atoms with Crippen molar-refractivity contribution in [3.63, 3.8) is 0 Å². The van der Waals surface area contributed by atoms with Gasteiger partial charge in [0.05, 0.1) is 13.7 Å². The maximum absolute atomic E-state index is 13.5. The number of para-hydroxylation sites is 1. The average molecular weight is 508 g/mol. The number of aromatic nitrogens is 5. The smallest absolute Gasteiger partial charge is 0.253 e. The fourth-order valence-electron chi connectivity index (χ4n) is 5.18. The molecule has 1 aliphatic rings. The van der Waals surface area contributed by atoms with Crippen LogP contribution in [-0.4, -0.2) is 63.4 Å². The lowest BCUT2D eigenvalue weighted by Gasteiger charge is -2.39. The quantitative estimate of drug-likeness (QED) is 0.361. The Morgan fingerprint density at radius 1 is 0.921 bits per heavy atom. The summed E-state index contributed by atoms with van der Waals surface area (Å²) in [5.41, 5.74) is 3.52. The number of rotatable bonds is 7. The van der Waals surface area contributed by atoms with E-state index >= 15 is 0 Å². The molecule has 6 rings (SSSR count). The molecule has 1 atom stereocenters. The molecule has 9 nitrogen and oxygen atoms in total. The number of benzene rings is 3. The molecule has 192 valence electrons. The van der Waals surface area contributed by atoms with Crippen molar-refractivity contribution in [3.8, 4) is 5.75 Å². The number of piperazine rings is 1. The Morgan fingerprint density at radius 2 is 1.66 bits per heavy atom. The highest BCUT2D eigenvalue weighted by Crippen LogP contribution is 2.30. The van der Waals surface area contributed by atoms with Crippen LogP contribution in [0.3, 0.4) is 0 Å². The minimum absolute atomic E-state index is 0.146. The largest absolute Gasteiger partial charge is 0.497 e. The van der Waals surface area contributed by atoms with Crippen LogP contribution in [0, 0.1) is 0 Å². The van der Waals surface area contributed by atoms with E-state index in [0.29, 0.717) is 17.9 Å². The molecular formula is C29H29N7O2. The summed E-state index contributed by atoms with van der Waals surface area (Å²) in [6, 6.07) is 27.7. The summed E-state index contributed by atoms with van der Waals surface area (Å²) in [4.78, 5) is 21.3. The van der Waals surface area contributed by atoms with E-state index in [1.54, 1.807) is 11.8 Å². The number of anilines is 1. The summed E-state index contributed by atoms with van der Waals surface area (Å²) in [6.07, 6.45) is 0. The Labute approximate surface area is 220 Å². The van der Waals surface area contributed by atoms with Gasteiger partial charge in [-0.15, -0.1) is 5.10 Å². The van der Waals surface area contributed by atoms with Gasteiger partial charge in [-0.1, -0.05) is 48.5 Å². The fourth-order valence-corrected chi connectivity index (χ4v) is 5.18. The van der Waals surface area contributed by atoms with Crippen LogP contribution in [0.2, 0.25) is 0 Å². The number of hydrogen-bond acceptors (Lipinski definition) is 7. The third kappa shape index (κ3) is 4.76. The van der Waals surface area contributed by atoms with Crippen molar-refractivity contribution in [1.29, 1.82) is 0 Å². The molecule has 0 unspecified atom stereocenters. The zero-order valence-corrected chi connectivity index (χ0v) is 21.2. The third-order valence-corrected chi connectivity index (χ3v) is 7.15. The van der Waals surface area contributed by atoms with Crippen molar-refractivity contribution in [2.24, 2.45) is 0 Å². The van der Waals surface area contributed by atoms with Gasteiger partial charge in [0.2, 0.25) is 0 Å². The summed E-state index contributed by atoms with van der Waals surface area (Å²) in [7, 11) is 1.64. The second kappa shape index (κ2) is 10.5. The zero-order chi connectivity index (χ0) is 25.9. The summed E-state index contributed by atoms with van der Waals surface area (Å²) in [5, 5.41) is 13.7. The van der Waals surface area contributed by atoms with E-state index in [-0.39, 0.29) is 5.56 Å². The molecule has 1 aliphatic heterocycles. The number of H-pyrrole nitrogens is 1. The molecule has 1 saturated heterocycles. The molecule has 0 aliphatic carbocycles. The molecule has 0 saturated carbocycles. The van der Waals surface area contributed by atoms with E-state index in [1.807, 2.05) is 60.7 Å². The van der Waals surface area contributed by atoms with Crippen molar-refractivity contribution in [3.05, 3.63) is 112 Å². The number of hydrogen-bond donors (Lipinski definition) is 1. The Bertz CT molecular complexity index is 1580. The molecule has 0 amide bonds. The van der Waals surface area contributed by atoms with Crippen LogP contribution in [0.15, 0.2) is 89.7 Å². The minimum Gasteiger partial charge on any atom is -0.497 e. The minimum atomic E-state index is -0.411. The molecule has 0 bridgehead atoms. The summed E-state index contributed by atoms with van der Waals surface area (Å²) >= 11 is 0. The monoisotopic (exact) mass is 507 g/mol. The first kappa shape index (κ1) is 23.9. The van der Waals surface area contributed by atoms with Gasteiger partial charge in [0.15, 0.2) is 5.82 Å². The van der Waals surface area contributed by atoms with Crippen LogP contribution in [0.4, 0.5) is 5.69 Å². The Morgan fingerprint density at radius 3 is 2.39 bits per heavy atom. The lowest BCUT2D eigenvalue weighted by molar-refractivity contribution is 0.200. The van der Waals surface area contributed by atoms with Crippen LogP contribution in [-0.2, 0) is 6.54 Å². The van der Waals surface area contributed by atoms with E-state index < -0.39 is 6.04 Å². The van der Waals surface area contributed by atoms with Crippen LogP contribution in [0.5, 0.6) is 5.75 Å². The van der Waals surface area contributed by atoms with E-state index in [9.17, 15) is 4.79 Å². The van der Waals surface area contributed by atoms with Gasteiger partial charge in [0, 0.05) is 48.3 Å². The first-order chi connectivity index (χ1) is 18.7. The molecule has 38 heavy (non-hydrogen) atoms. The zero-order valence-electron chi connectivity index (χ0n) is 21.2. The summed E-state index contributed by atoms with van der Waals surface area (Å²) in [6.45, 7) is 3.70. The molecule has 1 N–H and O–H groups in total. The molecule has 9 heteroatoms. The SMILES string of the molecule is COc1ccc2[nH]c(=O)c([C@H](c3nnnn3Cc3ccccc3)N3CCN(c4ccccc4)CC3)cc2c1. The van der Waals surface area contributed by atoms with Gasteiger partial charge in [-0.2, -0.15) is 0 Å². The van der Waals surface area contributed by atoms with Gasteiger partial charge in [0.1, 0.15) is 11.8 Å². The predicted octanol–water partition coefficient (Wildman–Crippen LogP) is 3.48. The van der Waals surface area contributed by atoms with E-state index in [1.165, 1.54) is 5.69 Å². The fraction of sp³-hybridized carbons (Fsp3) is 0.241. The van der Waals surface area contributed by atoms with E-state index in [4.69, 9.17) is 4.74 Å². The van der Waals surface area contributed by atoms with Gasteiger partial charge in [0.25, 0.3) is 5.56 Å². The third-order valence-electron chi connectivity index (χ3n) is 7.15. The van der Waals surface area contributed by atoms with Crippen LogP contribution in [0.1, 0.15) is 23.0 Å². The maximum atomic E-state index is 13.5. The van der Waals surface area contributed by atoms with Crippen molar-refractivity contribution in [2.45, 2.75) is 12.6 Å². The van der Waals surface area contributed by atoms with Gasteiger partial charge in [-0.3, -0.25) is 9.69 Å². The number of nitrogens with one attached hydrogen (secondary N) is 1. The molecule has 0 spiro atoms. The van der Waals surface area contributed by atoms with Crippen molar-refractivity contribution in [2.75, 3.05) is 38.2 Å². The number of fused-ring (bicyclic) bond motifs is 1. The maximum Gasteiger partial charge on any atom is 0.253 e. The van der Waals surface area contributed by atoms with Gasteiger partial charge >= 0.3 is 0 Å². The van der Waals surface area contributed by atoms with E-state index in [2.05, 4.69) is 54.6 Å². The van der Waals surface area contributed by atoms with Gasteiger partial charge in [-0.05, 0) is 52.4 Å². The molecule has 0 radical (unpaired) electrons. The lowest BCUT2D eigenvalue weighted by Crippen LogP contribution is -2.49. The molecule has 3 aromatic carbocycles. The number of methoxy groups -OCH3 is 1. The lowest BCUT2D eigenvalue weighted by atomic mass is 10.0. The highest BCUT2D eigenvalue weighted by atomic mass is 16.5. The second-order valence-electron chi connectivity index (χ2n) is 9.45. The molecule has 2 aromatic heterocycles. The predicted molar refractivity (Wildman–Crippen MR) is 147 cm³/mol. The normalized spacial score (nSPS) is 15.0.